The van der Waals surface area contributed by atoms with Crippen molar-refractivity contribution < 1.29 is 9.47 Å². The Labute approximate surface area is 163 Å². The zero-order chi connectivity index (χ0) is 19.4. The van der Waals surface area contributed by atoms with Crippen molar-refractivity contribution in [1.29, 1.82) is 0 Å². The largest absolute Gasteiger partial charge is 0.497 e. The second-order valence-electron chi connectivity index (χ2n) is 7.05. The van der Waals surface area contributed by atoms with Gasteiger partial charge in [0.05, 0.1) is 19.9 Å². The third-order valence-corrected chi connectivity index (χ3v) is 10.1. The van der Waals surface area contributed by atoms with E-state index in [1.165, 1.54) is 21.5 Å². The maximum atomic E-state index is 5.40. The molecule has 27 heavy (non-hydrogen) atoms. The highest BCUT2D eigenvalue weighted by molar-refractivity contribution is 7.96. The SMILES string of the molecule is COc1ccc([P+](c2ccc(C)cc2)(c2ccc(OC)cc2)C(C)C)cc1. The monoisotopic (exact) mass is 379 g/mol. The molecule has 2 nitrogen and oxygen atoms in total. The summed E-state index contributed by atoms with van der Waals surface area (Å²) < 4.78 is 10.8. The molecule has 0 N–H and O–H groups in total. The maximum Gasteiger partial charge on any atom is 0.119 e. The van der Waals surface area contributed by atoms with Gasteiger partial charge in [-0.15, -0.1) is 0 Å². The lowest BCUT2D eigenvalue weighted by Gasteiger charge is -2.31. The van der Waals surface area contributed by atoms with Crippen molar-refractivity contribution in [3.05, 3.63) is 78.4 Å². The molecule has 3 heteroatoms. The lowest BCUT2D eigenvalue weighted by atomic mass is 10.2. The first-order valence-electron chi connectivity index (χ1n) is 9.27. The van der Waals surface area contributed by atoms with Crippen LogP contribution in [0.1, 0.15) is 19.4 Å². The minimum absolute atomic E-state index is 0.460. The minimum atomic E-state index is -1.82. The molecule has 140 valence electrons. The summed E-state index contributed by atoms with van der Waals surface area (Å²) in [5.74, 6) is 1.78. The molecule has 3 aromatic rings. The fourth-order valence-electron chi connectivity index (χ4n) is 3.76. The average molecular weight is 379 g/mol. The standard InChI is InChI=1S/C24H28O2P/c1-18(2)27(22-12-6-19(3)7-13-22,23-14-8-20(25-4)9-15-23)24-16-10-21(26-5)11-17-24/h6-18H,1-5H3/q+1. The molecule has 0 amide bonds. The van der Waals surface area contributed by atoms with Crippen molar-refractivity contribution in [3.63, 3.8) is 0 Å². The molecule has 0 aromatic heterocycles. The third kappa shape index (κ3) is 3.59. The molecule has 0 spiro atoms. The molecule has 0 unspecified atom stereocenters. The van der Waals surface area contributed by atoms with E-state index in [-0.39, 0.29) is 0 Å². The fourth-order valence-corrected chi connectivity index (χ4v) is 8.30. The van der Waals surface area contributed by atoms with E-state index in [0.717, 1.165) is 11.5 Å². The van der Waals surface area contributed by atoms with Gasteiger partial charge >= 0.3 is 0 Å². The molecule has 3 aromatic carbocycles. The molecule has 0 saturated heterocycles. The molecular formula is C24H28O2P+. The molecule has 0 radical (unpaired) electrons. The normalized spacial score (nSPS) is 11.5. The van der Waals surface area contributed by atoms with Crippen LogP contribution in [0.25, 0.3) is 0 Å². The Morgan fingerprint density at radius 2 is 0.926 bits per heavy atom. The van der Waals surface area contributed by atoms with E-state index in [2.05, 4.69) is 93.6 Å². The molecule has 3 rings (SSSR count). The van der Waals surface area contributed by atoms with Crippen molar-refractivity contribution >= 4 is 23.2 Å². The van der Waals surface area contributed by atoms with Crippen LogP contribution in [-0.2, 0) is 0 Å². The van der Waals surface area contributed by atoms with Crippen molar-refractivity contribution in [3.8, 4) is 11.5 Å². The van der Waals surface area contributed by atoms with E-state index in [4.69, 9.17) is 9.47 Å². The van der Waals surface area contributed by atoms with Gasteiger partial charge in [-0.05, 0) is 81.4 Å². The van der Waals surface area contributed by atoms with Gasteiger partial charge < -0.3 is 9.47 Å². The summed E-state index contributed by atoms with van der Waals surface area (Å²) in [5.41, 5.74) is 1.74. The molecule has 0 saturated carbocycles. The van der Waals surface area contributed by atoms with Crippen LogP contribution in [0.2, 0.25) is 0 Å². The highest BCUT2D eigenvalue weighted by atomic mass is 31.2. The van der Waals surface area contributed by atoms with Gasteiger partial charge in [0.2, 0.25) is 0 Å². The zero-order valence-electron chi connectivity index (χ0n) is 16.8. The van der Waals surface area contributed by atoms with Gasteiger partial charge in [-0.25, -0.2) is 0 Å². The maximum absolute atomic E-state index is 5.40. The van der Waals surface area contributed by atoms with Gasteiger partial charge in [-0.3, -0.25) is 0 Å². The van der Waals surface area contributed by atoms with Crippen molar-refractivity contribution in [2.24, 2.45) is 0 Å². The van der Waals surface area contributed by atoms with Crippen LogP contribution in [0.4, 0.5) is 0 Å². The Morgan fingerprint density at radius 3 is 1.22 bits per heavy atom. The molecule has 0 aliphatic carbocycles. The van der Waals surface area contributed by atoms with Gasteiger partial charge in [0, 0.05) is 0 Å². The summed E-state index contributed by atoms with van der Waals surface area (Å²) in [4.78, 5) is 0. The topological polar surface area (TPSA) is 18.5 Å². The number of rotatable bonds is 6. The van der Waals surface area contributed by atoms with E-state index >= 15 is 0 Å². The van der Waals surface area contributed by atoms with Gasteiger partial charge in [-0.1, -0.05) is 17.7 Å². The van der Waals surface area contributed by atoms with Gasteiger partial charge in [0.15, 0.2) is 0 Å². The highest BCUT2D eigenvalue weighted by Crippen LogP contribution is 2.59. The Morgan fingerprint density at radius 1 is 0.593 bits per heavy atom. The van der Waals surface area contributed by atoms with Crippen LogP contribution < -0.4 is 25.4 Å². The van der Waals surface area contributed by atoms with Crippen molar-refractivity contribution in [2.45, 2.75) is 26.4 Å². The molecule has 0 bridgehead atoms. The van der Waals surface area contributed by atoms with Gasteiger partial charge in [0.25, 0.3) is 0 Å². The third-order valence-electron chi connectivity index (χ3n) is 5.18. The Bertz CT molecular complexity index is 818. The van der Waals surface area contributed by atoms with Gasteiger partial charge in [0.1, 0.15) is 34.7 Å². The van der Waals surface area contributed by atoms with Gasteiger partial charge in [-0.2, -0.15) is 0 Å². The summed E-state index contributed by atoms with van der Waals surface area (Å²) in [6.07, 6.45) is 0. The summed E-state index contributed by atoms with van der Waals surface area (Å²) >= 11 is 0. The average Bonchev–Trinajstić information content (AvgIpc) is 2.70. The van der Waals surface area contributed by atoms with E-state index in [0.29, 0.717) is 5.66 Å². The number of aryl methyl sites for hydroxylation is 1. The second kappa shape index (κ2) is 8.15. The van der Waals surface area contributed by atoms with Crippen LogP contribution in [-0.4, -0.2) is 19.9 Å². The lowest BCUT2D eigenvalue weighted by molar-refractivity contribution is 0.415. The van der Waals surface area contributed by atoms with Crippen molar-refractivity contribution in [1.82, 2.24) is 0 Å². The van der Waals surface area contributed by atoms with E-state index in [1.807, 2.05) is 0 Å². The first kappa shape index (κ1) is 19.5. The number of benzene rings is 3. The lowest BCUT2D eigenvalue weighted by Crippen LogP contribution is -2.36. The Balaban J connectivity index is 2.28. The Kier molecular flexibility index (Phi) is 5.87. The zero-order valence-corrected chi connectivity index (χ0v) is 17.7. The van der Waals surface area contributed by atoms with Crippen LogP contribution in [0.15, 0.2) is 72.8 Å². The molecular weight excluding hydrogens is 351 g/mol. The van der Waals surface area contributed by atoms with Crippen LogP contribution >= 0.6 is 7.26 Å². The predicted octanol–water partition coefficient (Wildman–Crippen LogP) is 4.71. The second-order valence-corrected chi connectivity index (χ2v) is 11.1. The Hall–Kier alpha value is -2.31. The molecule has 0 aliphatic heterocycles. The van der Waals surface area contributed by atoms with E-state index in [1.54, 1.807) is 14.2 Å². The summed E-state index contributed by atoms with van der Waals surface area (Å²) in [5, 5.41) is 4.14. The molecule has 0 heterocycles. The number of methoxy groups -OCH3 is 2. The van der Waals surface area contributed by atoms with Crippen LogP contribution in [0, 0.1) is 6.92 Å². The fraction of sp³-hybridized carbons (Fsp3) is 0.250. The summed E-state index contributed by atoms with van der Waals surface area (Å²) in [6.45, 7) is 6.81. The minimum Gasteiger partial charge on any atom is -0.497 e. The summed E-state index contributed by atoms with van der Waals surface area (Å²) in [6, 6.07) is 26.3. The number of hydrogen-bond donors (Lipinski definition) is 0. The first-order chi connectivity index (χ1) is 13.0. The molecule has 0 atom stereocenters. The first-order valence-corrected chi connectivity index (χ1v) is 11.1. The predicted molar refractivity (Wildman–Crippen MR) is 118 cm³/mol. The van der Waals surface area contributed by atoms with Crippen LogP contribution in [0.5, 0.6) is 11.5 Å². The number of hydrogen-bond acceptors (Lipinski definition) is 2. The number of ether oxygens (including phenoxy) is 2. The highest BCUT2D eigenvalue weighted by Gasteiger charge is 2.48. The smallest absolute Gasteiger partial charge is 0.119 e. The molecule has 0 aliphatic rings. The quantitative estimate of drug-likeness (QED) is 0.577. The van der Waals surface area contributed by atoms with E-state index < -0.39 is 7.26 Å². The summed E-state index contributed by atoms with van der Waals surface area (Å²) in [7, 11) is 1.61. The molecule has 0 fully saturated rings. The van der Waals surface area contributed by atoms with Crippen molar-refractivity contribution in [2.75, 3.05) is 14.2 Å². The van der Waals surface area contributed by atoms with Crippen LogP contribution in [0.3, 0.4) is 0 Å². The van der Waals surface area contributed by atoms with E-state index in [9.17, 15) is 0 Å².